The van der Waals surface area contributed by atoms with E-state index in [0.29, 0.717) is 5.92 Å². The molecule has 94 valence electrons. The van der Waals surface area contributed by atoms with Crippen LogP contribution in [0, 0.1) is 5.92 Å². The lowest BCUT2D eigenvalue weighted by atomic mass is 10.1. The maximum atomic E-state index is 9.00. The Labute approximate surface area is 106 Å². The molecule has 2 heterocycles. The van der Waals surface area contributed by atoms with E-state index >= 15 is 0 Å². The average molecular weight is 243 g/mol. The van der Waals surface area contributed by atoms with Crippen LogP contribution in [0.5, 0.6) is 0 Å². The second-order valence-corrected chi connectivity index (χ2v) is 4.73. The van der Waals surface area contributed by atoms with Crippen molar-refractivity contribution in [3.05, 3.63) is 36.5 Å². The second-order valence-electron chi connectivity index (χ2n) is 4.73. The van der Waals surface area contributed by atoms with Crippen molar-refractivity contribution < 1.29 is 5.11 Å². The van der Waals surface area contributed by atoms with Crippen LogP contribution in [0.25, 0.3) is 11.3 Å². The number of anilines is 1. The number of benzene rings is 1. The van der Waals surface area contributed by atoms with Gasteiger partial charge in [0.15, 0.2) is 0 Å². The van der Waals surface area contributed by atoms with E-state index in [4.69, 9.17) is 5.11 Å². The Morgan fingerprint density at radius 2 is 2.17 bits per heavy atom. The van der Waals surface area contributed by atoms with Gasteiger partial charge in [0.1, 0.15) is 0 Å². The monoisotopic (exact) mass is 243 g/mol. The van der Waals surface area contributed by atoms with Gasteiger partial charge in [0.05, 0.1) is 5.69 Å². The Hall–Kier alpha value is -1.81. The highest BCUT2D eigenvalue weighted by Crippen LogP contribution is 2.25. The molecule has 0 amide bonds. The van der Waals surface area contributed by atoms with Gasteiger partial charge in [0.2, 0.25) is 5.95 Å². The van der Waals surface area contributed by atoms with E-state index in [1.54, 1.807) is 0 Å². The zero-order valence-electron chi connectivity index (χ0n) is 10.2. The topological polar surface area (TPSA) is 50.1 Å². The van der Waals surface area contributed by atoms with Crippen molar-refractivity contribution in [3.63, 3.8) is 0 Å². The van der Waals surface area contributed by atoms with Crippen LogP contribution in [0.1, 0.15) is 6.42 Å². The van der Waals surface area contributed by atoms with E-state index in [2.05, 4.69) is 33.2 Å². The highest BCUT2D eigenvalue weighted by molar-refractivity contribution is 5.60. The van der Waals surface area contributed by atoms with Crippen LogP contribution in [-0.2, 0) is 6.54 Å². The summed E-state index contributed by atoms with van der Waals surface area (Å²) in [7, 11) is 0. The summed E-state index contributed by atoms with van der Waals surface area (Å²) in [5, 5.41) is 12.3. The Kier molecular flexibility index (Phi) is 3.02. The van der Waals surface area contributed by atoms with Crippen molar-refractivity contribution in [1.29, 1.82) is 0 Å². The lowest BCUT2D eigenvalue weighted by Crippen LogP contribution is -2.27. The first-order valence-electron chi connectivity index (χ1n) is 6.34. The van der Waals surface area contributed by atoms with Crippen molar-refractivity contribution >= 4 is 5.95 Å². The number of rotatable bonds is 3. The Bertz CT molecular complexity index is 521. The first-order chi connectivity index (χ1) is 8.86. The van der Waals surface area contributed by atoms with Gasteiger partial charge in [-0.25, -0.2) is 4.98 Å². The summed E-state index contributed by atoms with van der Waals surface area (Å²) in [6.07, 6.45) is 2.92. The van der Waals surface area contributed by atoms with Crippen LogP contribution in [0.3, 0.4) is 0 Å². The fraction of sp³-hybridized carbons (Fsp3) is 0.357. The number of aliphatic hydroxyl groups excluding tert-OH is 1. The zero-order valence-corrected chi connectivity index (χ0v) is 10.2. The molecule has 18 heavy (non-hydrogen) atoms. The summed E-state index contributed by atoms with van der Waals surface area (Å²) in [5.74, 6) is 1.42. The van der Waals surface area contributed by atoms with E-state index in [1.165, 1.54) is 0 Å². The summed E-state index contributed by atoms with van der Waals surface area (Å²) in [4.78, 5) is 4.60. The fourth-order valence-electron chi connectivity index (χ4n) is 2.40. The summed E-state index contributed by atoms with van der Waals surface area (Å²) in [5.41, 5.74) is 2.14. The van der Waals surface area contributed by atoms with Gasteiger partial charge in [-0.2, -0.15) is 0 Å². The smallest absolute Gasteiger partial charge is 0.203 e. The van der Waals surface area contributed by atoms with Crippen molar-refractivity contribution in [2.45, 2.75) is 13.0 Å². The molecule has 0 saturated carbocycles. The van der Waals surface area contributed by atoms with Crippen LogP contribution in [0.2, 0.25) is 0 Å². The van der Waals surface area contributed by atoms with Gasteiger partial charge in [-0.3, -0.25) is 0 Å². The minimum Gasteiger partial charge on any atom is -0.396 e. The molecule has 2 N–H and O–H groups in total. The third-order valence-corrected chi connectivity index (χ3v) is 3.39. The quantitative estimate of drug-likeness (QED) is 0.866. The van der Waals surface area contributed by atoms with Gasteiger partial charge < -0.3 is 15.0 Å². The van der Waals surface area contributed by atoms with Crippen molar-refractivity contribution in [3.8, 4) is 11.3 Å². The van der Waals surface area contributed by atoms with Crippen LogP contribution < -0.4 is 5.32 Å². The number of aromatic nitrogens is 2. The second kappa shape index (κ2) is 4.82. The standard InChI is InChI=1S/C14H17N3O/c18-7-6-11-8-15-14-16-13(10-17(14)9-11)12-4-2-1-3-5-12/h1-5,10-11,18H,6-9H2,(H,15,16). The molecule has 2 aromatic rings. The molecule has 3 rings (SSSR count). The predicted molar refractivity (Wildman–Crippen MR) is 71.3 cm³/mol. The normalized spacial score (nSPS) is 18.2. The molecule has 1 aliphatic rings. The summed E-state index contributed by atoms with van der Waals surface area (Å²) < 4.78 is 2.14. The third kappa shape index (κ3) is 2.11. The van der Waals surface area contributed by atoms with Crippen LogP contribution >= 0.6 is 0 Å². The molecule has 0 spiro atoms. The van der Waals surface area contributed by atoms with Gasteiger partial charge in [-0.05, 0) is 12.3 Å². The highest BCUT2D eigenvalue weighted by atomic mass is 16.3. The fourth-order valence-corrected chi connectivity index (χ4v) is 2.40. The number of nitrogens with zero attached hydrogens (tertiary/aromatic N) is 2. The van der Waals surface area contributed by atoms with E-state index < -0.39 is 0 Å². The van der Waals surface area contributed by atoms with Gasteiger partial charge >= 0.3 is 0 Å². The number of aliphatic hydroxyl groups is 1. The molecule has 0 aliphatic carbocycles. The zero-order chi connectivity index (χ0) is 12.4. The first-order valence-corrected chi connectivity index (χ1v) is 6.34. The van der Waals surface area contributed by atoms with E-state index in [9.17, 15) is 0 Å². The molecule has 0 fully saturated rings. The van der Waals surface area contributed by atoms with Crippen molar-refractivity contribution in [2.75, 3.05) is 18.5 Å². The molecule has 0 bridgehead atoms. The third-order valence-electron chi connectivity index (χ3n) is 3.39. The molecular formula is C14H17N3O. The number of hydrogen-bond acceptors (Lipinski definition) is 3. The molecular weight excluding hydrogens is 226 g/mol. The van der Waals surface area contributed by atoms with Crippen LogP contribution in [0.4, 0.5) is 5.95 Å². The maximum Gasteiger partial charge on any atom is 0.203 e. The SMILES string of the molecule is OCCC1CNc2nc(-c3ccccc3)cn2C1. The molecule has 0 saturated heterocycles. The Morgan fingerprint density at radius 3 is 2.94 bits per heavy atom. The molecule has 1 atom stereocenters. The maximum absolute atomic E-state index is 9.00. The van der Waals surface area contributed by atoms with E-state index in [1.807, 2.05) is 18.2 Å². The van der Waals surface area contributed by atoms with E-state index in [0.717, 1.165) is 36.7 Å². The molecule has 1 aliphatic heterocycles. The van der Waals surface area contributed by atoms with Crippen molar-refractivity contribution in [2.24, 2.45) is 5.92 Å². The lowest BCUT2D eigenvalue weighted by molar-refractivity contribution is 0.248. The van der Waals surface area contributed by atoms with Crippen LogP contribution in [-0.4, -0.2) is 27.8 Å². The number of imidazole rings is 1. The first kappa shape index (κ1) is 11.3. The Balaban J connectivity index is 1.85. The van der Waals surface area contributed by atoms with Gasteiger partial charge in [0, 0.05) is 31.5 Å². The predicted octanol–water partition coefficient (Wildman–Crippen LogP) is 1.97. The molecule has 0 radical (unpaired) electrons. The minimum absolute atomic E-state index is 0.252. The lowest BCUT2D eigenvalue weighted by Gasteiger charge is -2.24. The average Bonchev–Trinajstić information content (AvgIpc) is 2.83. The molecule has 4 heteroatoms. The summed E-state index contributed by atoms with van der Waals surface area (Å²) in [6.45, 7) is 2.08. The molecule has 1 aromatic heterocycles. The Morgan fingerprint density at radius 1 is 1.33 bits per heavy atom. The minimum atomic E-state index is 0.252. The summed E-state index contributed by atoms with van der Waals surface area (Å²) in [6, 6.07) is 10.2. The van der Waals surface area contributed by atoms with E-state index in [-0.39, 0.29) is 6.61 Å². The van der Waals surface area contributed by atoms with Crippen LogP contribution in [0.15, 0.2) is 36.5 Å². The highest BCUT2D eigenvalue weighted by Gasteiger charge is 2.19. The summed E-state index contributed by atoms with van der Waals surface area (Å²) >= 11 is 0. The number of nitrogens with one attached hydrogen (secondary N) is 1. The van der Waals surface area contributed by atoms with Gasteiger partial charge in [0.25, 0.3) is 0 Å². The molecule has 1 aromatic carbocycles. The van der Waals surface area contributed by atoms with Crippen molar-refractivity contribution in [1.82, 2.24) is 9.55 Å². The number of hydrogen-bond donors (Lipinski definition) is 2. The van der Waals surface area contributed by atoms with Gasteiger partial charge in [-0.1, -0.05) is 30.3 Å². The van der Waals surface area contributed by atoms with Gasteiger partial charge in [-0.15, -0.1) is 0 Å². The largest absolute Gasteiger partial charge is 0.396 e. The molecule has 1 unspecified atom stereocenters. The number of fused-ring (bicyclic) bond motifs is 1. The molecule has 4 nitrogen and oxygen atoms in total.